The Morgan fingerprint density at radius 2 is 1.84 bits per heavy atom. The summed E-state index contributed by atoms with van der Waals surface area (Å²) in [5, 5.41) is 8.98. The molecule has 1 aromatic carbocycles. The molecule has 38 heavy (non-hydrogen) atoms. The average molecular weight is 568 g/mol. The van der Waals surface area contributed by atoms with Crippen molar-refractivity contribution in [3.8, 4) is 5.88 Å². The molecule has 208 valence electrons. The number of hydrogen-bond acceptors (Lipinski definition) is 4. The molecule has 1 aliphatic rings. The van der Waals surface area contributed by atoms with Gasteiger partial charge in [0.05, 0.1) is 11.8 Å². The minimum absolute atomic E-state index is 0.0804. The third-order valence-electron chi connectivity index (χ3n) is 6.88. The number of benzene rings is 1. The van der Waals surface area contributed by atoms with E-state index in [1.54, 1.807) is 13.1 Å². The Morgan fingerprint density at radius 3 is 2.39 bits per heavy atom. The number of halogens is 4. The highest BCUT2D eigenvalue weighted by atomic mass is 35.5. The fourth-order valence-corrected chi connectivity index (χ4v) is 9.84. The summed E-state index contributed by atoms with van der Waals surface area (Å²) < 4.78 is 57.5. The Hall–Kier alpha value is -2.49. The van der Waals surface area contributed by atoms with E-state index in [4.69, 9.17) is 20.8 Å². The van der Waals surface area contributed by atoms with Crippen LogP contribution in [0.3, 0.4) is 0 Å². The molecule has 0 radical (unpaired) electrons. The van der Waals surface area contributed by atoms with Crippen molar-refractivity contribution in [2.24, 2.45) is 5.41 Å². The van der Waals surface area contributed by atoms with E-state index in [0.29, 0.717) is 0 Å². The van der Waals surface area contributed by atoms with Crippen molar-refractivity contribution in [2.45, 2.75) is 64.8 Å². The van der Waals surface area contributed by atoms with E-state index in [1.807, 2.05) is 42.5 Å². The Morgan fingerprint density at radius 1 is 1.16 bits per heavy atom. The Bertz CT molecular complexity index is 1160. The highest BCUT2D eigenvalue weighted by Gasteiger charge is 2.57. The molecule has 0 bridgehead atoms. The minimum Gasteiger partial charge on any atom is -0.476 e. The predicted molar refractivity (Wildman–Crippen MR) is 149 cm³/mol. The van der Waals surface area contributed by atoms with Crippen molar-refractivity contribution < 1.29 is 22.3 Å². The van der Waals surface area contributed by atoms with Gasteiger partial charge in [-0.2, -0.15) is 13.2 Å². The first-order valence-electron chi connectivity index (χ1n) is 12.6. The lowest BCUT2D eigenvalue weighted by Gasteiger charge is -2.46. The van der Waals surface area contributed by atoms with E-state index in [2.05, 4.69) is 43.8 Å². The summed E-state index contributed by atoms with van der Waals surface area (Å²) in [6.45, 7) is 11.5. The van der Waals surface area contributed by atoms with Crippen LogP contribution in [0.4, 0.5) is 13.2 Å². The number of allylic oxidation sites excluding steroid dienone is 4. The van der Waals surface area contributed by atoms with E-state index in [-0.39, 0.29) is 17.2 Å². The minimum atomic E-state index is -4.57. The number of ether oxygens (including phenoxy) is 1. The van der Waals surface area contributed by atoms with Gasteiger partial charge in [-0.3, -0.25) is 0 Å². The molecule has 1 heterocycles. The molecule has 1 aromatic heterocycles. The topological polar surface area (TPSA) is 48.3 Å². The van der Waals surface area contributed by atoms with E-state index in [9.17, 15) is 13.2 Å². The molecule has 10 heteroatoms. The van der Waals surface area contributed by atoms with Gasteiger partial charge < -0.3 is 14.5 Å². The Balaban J connectivity index is 1.91. The molecule has 1 aliphatic carbocycles. The molecule has 0 saturated heterocycles. The lowest BCUT2D eigenvalue weighted by atomic mass is 9.92. The van der Waals surface area contributed by atoms with E-state index in [0.717, 1.165) is 30.1 Å². The zero-order chi connectivity index (χ0) is 28.2. The molecular weight excluding hydrogens is 531 g/mol. The van der Waals surface area contributed by atoms with E-state index in [1.165, 1.54) is 10.7 Å². The fourth-order valence-electron chi connectivity index (χ4n) is 4.67. The Kier molecular flexibility index (Phi) is 9.27. The van der Waals surface area contributed by atoms with Crippen LogP contribution in [0.2, 0.25) is 5.04 Å². The van der Waals surface area contributed by atoms with Gasteiger partial charge in [0.25, 0.3) is 8.32 Å². The van der Waals surface area contributed by atoms with Gasteiger partial charge in [0.1, 0.15) is 18.2 Å². The van der Waals surface area contributed by atoms with Crippen LogP contribution in [0, 0.1) is 5.41 Å². The zero-order valence-electron chi connectivity index (χ0n) is 22.6. The first-order chi connectivity index (χ1) is 17.7. The van der Waals surface area contributed by atoms with Crippen LogP contribution in [0.1, 0.15) is 53.6 Å². The van der Waals surface area contributed by atoms with Crippen LogP contribution >= 0.6 is 11.6 Å². The summed E-state index contributed by atoms with van der Waals surface area (Å²) in [5.74, 6) is 0.0804. The van der Waals surface area contributed by atoms with Gasteiger partial charge in [0.15, 0.2) is 0 Å². The third kappa shape index (κ3) is 6.55. The second-order valence-electron chi connectivity index (χ2n) is 11.0. The fraction of sp³-hybridized carbons (Fsp3) is 0.464. The Labute approximate surface area is 229 Å². The van der Waals surface area contributed by atoms with Crippen molar-refractivity contribution in [2.75, 3.05) is 13.2 Å². The average Bonchev–Trinajstić information content (AvgIpc) is 3.32. The quantitative estimate of drug-likeness (QED) is 0.232. The molecule has 3 atom stereocenters. The molecule has 5 nitrogen and oxygen atoms in total. The van der Waals surface area contributed by atoms with Gasteiger partial charge in [-0.1, -0.05) is 87.5 Å². The summed E-state index contributed by atoms with van der Waals surface area (Å²) in [5.41, 5.74) is -2.27. The van der Waals surface area contributed by atoms with Gasteiger partial charge in [0, 0.05) is 12.3 Å². The normalized spacial score (nSPS) is 18.2. The van der Waals surface area contributed by atoms with Gasteiger partial charge in [-0.05, 0) is 42.1 Å². The van der Waals surface area contributed by atoms with E-state index >= 15 is 0 Å². The number of aromatic nitrogens is 2. The van der Waals surface area contributed by atoms with Crippen LogP contribution in [0.5, 0.6) is 5.88 Å². The van der Waals surface area contributed by atoms with Crippen LogP contribution in [-0.2, 0) is 4.43 Å². The highest BCUT2D eigenvalue weighted by molar-refractivity contribution is 6.94. The molecule has 0 aliphatic heterocycles. The maximum absolute atomic E-state index is 14.6. The summed E-state index contributed by atoms with van der Waals surface area (Å²) in [4.78, 5) is 0. The molecule has 0 amide bonds. The maximum atomic E-state index is 14.6. The third-order valence-corrected chi connectivity index (χ3v) is 12.1. The van der Waals surface area contributed by atoms with Crippen molar-refractivity contribution >= 4 is 25.1 Å². The standard InChI is InChI=1S/C28H37ClF3N3O2Si/c1-21(29)33-22(2)35-18-17-25(34-35)36-19-27(6,28(30,31)32)20-37-38(26(3,4)5,23-13-9-7-10-14-23)24-15-11-8-12-16-24/h7-11,13-15,17-18,22,33H,1,12,16,19-20H2,2-6H3. The van der Waals surface area contributed by atoms with Crippen molar-refractivity contribution in [3.05, 3.63) is 77.8 Å². The number of alkyl halides is 3. The second-order valence-corrected chi connectivity index (χ2v) is 15.8. The molecular formula is C28H37ClF3N3O2Si. The summed E-state index contributed by atoms with van der Waals surface area (Å²) in [6, 6.07) is 11.2. The maximum Gasteiger partial charge on any atom is 0.399 e. The van der Waals surface area contributed by atoms with Gasteiger partial charge in [-0.15, -0.1) is 5.10 Å². The van der Waals surface area contributed by atoms with Crippen LogP contribution in [-0.4, -0.2) is 37.5 Å². The summed E-state index contributed by atoms with van der Waals surface area (Å²) in [6.07, 6.45) is 4.36. The molecule has 0 saturated carbocycles. The second kappa shape index (κ2) is 11.7. The van der Waals surface area contributed by atoms with E-state index < -0.39 is 38.2 Å². The largest absolute Gasteiger partial charge is 0.476 e. The molecule has 0 spiro atoms. The van der Waals surface area contributed by atoms with Gasteiger partial charge in [-0.25, -0.2) is 4.68 Å². The van der Waals surface area contributed by atoms with Gasteiger partial charge in [0.2, 0.25) is 5.88 Å². The summed E-state index contributed by atoms with van der Waals surface area (Å²) >= 11 is 5.78. The number of rotatable bonds is 11. The molecule has 0 fully saturated rings. The highest BCUT2D eigenvalue weighted by Crippen LogP contribution is 2.46. The zero-order valence-corrected chi connectivity index (χ0v) is 24.4. The SMILES string of the molecule is C=C(Cl)NC(C)n1ccc(OCC(C)(CO[Si](C2=CC=CCC2)(c2ccccc2)C(C)(C)C)C(F)(F)F)n1. The monoisotopic (exact) mass is 567 g/mol. The van der Waals surface area contributed by atoms with Crippen LogP contribution < -0.4 is 15.2 Å². The number of nitrogens with zero attached hydrogens (tertiary/aromatic N) is 2. The first kappa shape index (κ1) is 30.1. The van der Waals surface area contributed by atoms with Crippen molar-refractivity contribution in [1.82, 2.24) is 15.1 Å². The predicted octanol–water partition coefficient (Wildman–Crippen LogP) is 7.13. The summed E-state index contributed by atoms with van der Waals surface area (Å²) in [7, 11) is -3.09. The molecule has 3 rings (SSSR count). The first-order valence-corrected chi connectivity index (χ1v) is 14.9. The lowest BCUT2D eigenvalue weighted by Crippen LogP contribution is -2.62. The molecule has 1 N–H and O–H groups in total. The number of hydrogen-bond donors (Lipinski definition) is 1. The van der Waals surface area contributed by atoms with Crippen LogP contribution in [0.25, 0.3) is 0 Å². The lowest BCUT2D eigenvalue weighted by molar-refractivity contribution is -0.235. The molecule has 3 unspecified atom stereocenters. The van der Waals surface area contributed by atoms with Crippen molar-refractivity contribution in [1.29, 1.82) is 0 Å². The van der Waals surface area contributed by atoms with Crippen LogP contribution in [0.15, 0.2) is 77.8 Å². The van der Waals surface area contributed by atoms with Crippen molar-refractivity contribution in [3.63, 3.8) is 0 Å². The number of nitrogens with one attached hydrogen (secondary N) is 1. The smallest absolute Gasteiger partial charge is 0.399 e. The van der Waals surface area contributed by atoms with Gasteiger partial charge >= 0.3 is 6.18 Å². The molecule has 2 aromatic rings.